The third-order valence-corrected chi connectivity index (χ3v) is 5.08. The zero-order valence-corrected chi connectivity index (χ0v) is 16.7. The summed E-state index contributed by atoms with van der Waals surface area (Å²) in [5.41, 5.74) is 1.88. The number of likely N-dealkylation sites (tertiary alicyclic amines) is 1. The maximum absolute atomic E-state index is 12.6. The first-order valence-corrected chi connectivity index (χ1v) is 9.26. The Morgan fingerprint density at radius 3 is 2.74 bits per heavy atom. The minimum atomic E-state index is -0.641. The maximum atomic E-state index is 12.6. The molecule has 27 heavy (non-hydrogen) atoms. The Balaban J connectivity index is 1.77. The van der Waals surface area contributed by atoms with E-state index in [0.29, 0.717) is 18.8 Å². The van der Waals surface area contributed by atoms with Crippen LogP contribution in [-0.4, -0.2) is 60.3 Å². The molecule has 1 aromatic carbocycles. The predicted molar refractivity (Wildman–Crippen MR) is 102 cm³/mol. The highest BCUT2D eigenvalue weighted by molar-refractivity contribution is 9.10. The first kappa shape index (κ1) is 19.4. The van der Waals surface area contributed by atoms with Crippen molar-refractivity contribution in [3.05, 3.63) is 40.8 Å². The normalized spacial score (nSPS) is 19.1. The summed E-state index contributed by atoms with van der Waals surface area (Å²) in [7, 11) is 2.88. The number of aromatic nitrogens is 2. The largest absolute Gasteiger partial charge is 0.453 e. The fourth-order valence-electron chi connectivity index (χ4n) is 3.11. The van der Waals surface area contributed by atoms with Gasteiger partial charge in [-0.2, -0.15) is 0 Å². The lowest BCUT2D eigenvalue weighted by atomic mass is 10.1. The van der Waals surface area contributed by atoms with Gasteiger partial charge >= 0.3 is 6.09 Å². The number of nitrogens with zero attached hydrogens (tertiary/aromatic N) is 2. The Morgan fingerprint density at radius 1 is 1.33 bits per heavy atom. The van der Waals surface area contributed by atoms with Crippen LogP contribution in [0.25, 0.3) is 11.3 Å². The van der Waals surface area contributed by atoms with E-state index in [-0.39, 0.29) is 24.6 Å². The molecule has 0 aliphatic carbocycles. The predicted octanol–water partition coefficient (Wildman–Crippen LogP) is 2.48. The van der Waals surface area contributed by atoms with Gasteiger partial charge in [0.1, 0.15) is 12.4 Å². The Bertz CT molecular complexity index is 808. The van der Waals surface area contributed by atoms with Gasteiger partial charge in [-0.15, -0.1) is 0 Å². The molecule has 0 radical (unpaired) electrons. The van der Waals surface area contributed by atoms with Crippen molar-refractivity contribution in [2.75, 3.05) is 27.3 Å². The van der Waals surface area contributed by atoms with Gasteiger partial charge in [0.05, 0.1) is 31.1 Å². The minimum Gasteiger partial charge on any atom is -0.453 e. The van der Waals surface area contributed by atoms with Crippen molar-refractivity contribution in [2.24, 2.45) is 0 Å². The Kier molecular flexibility index (Phi) is 6.12. The second kappa shape index (κ2) is 8.53. The molecule has 2 atom stereocenters. The summed E-state index contributed by atoms with van der Waals surface area (Å²) in [5, 5.41) is 2.42. The molecule has 0 bridgehead atoms. The van der Waals surface area contributed by atoms with Crippen LogP contribution in [0.5, 0.6) is 0 Å². The molecule has 0 spiro atoms. The molecule has 1 saturated heterocycles. The van der Waals surface area contributed by atoms with E-state index >= 15 is 0 Å². The molecule has 144 valence electrons. The van der Waals surface area contributed by atoms with E-state index in [2.05, 4.69) is 36.0 Å². The number of benzene rings is 1. The van der Waals surface area contributed by atoms with E-state index in [4.69, 9.17) is 4.74 Å². The average Bonchev–Trinajstić information content (AvgIpc) is 3.33. The van der Waals surface area contributed by atoms with Gasteiger partial charge in [0.25, 0.3) is 0 Å². The third-order valence-electron chi connectivity index (χ3n) is 4.55. The van der Waals surface area contributed by atoms with Crippen molar-refractivity contribution in [3.8, 4) is 11.3 Å². The number of methoxy groups -OCH3 is 2. The van der Waals surface area contributed by atoms with Crippen LogP contribution in [0, 0.1) is 0 Å². The fraction of sp³-hybridized carbons (Fsp3) is 0.389. The van der Waals surface area contributed by atoms with Gasteiger partial charge in [-0.25, -0.2) is 9.78 Å². The van der Waals surface area contributed by atoms with Gasteiger partial charge in [-0.05, 0) is 17.7 Å². The number of aromatic amines is 1. The number of alkyl carbamates (subject to hydrolysis) is 1. The minimum absolute atomic E-state index is 0.0849. The van der Waals surface area contributed by atoms with Crippen LogP contribution in [-0.2, 0) is 14.3 Å². The third kappa shape index (κ3) is 4.48. The van der Waals surface area contributed by atoms with E-state index in [1.54, 1.807) is 18.2 Å². The summed E-state index contributed by atoms with van der Waals surface area (Å²) >= 11 is 3.42. The molecule has 9 heteroatoms. The van der Waals surface area contributed by atoms with E-state index < -0.39 is 6.09 Å². The molecule has 3 rings (SSSR count). The van der Waals surface area contributed by atoms with Gasteiger partial charge in [0.2, 0.25) is 5.91 Å². The molecule has 1 aromatic heterocycles. The van der Waals surface area contributed by atoms with Crippen LogP contribution < -0.4 is 5.32 Å². The molecule has 1 fully saturated rings. The summed E-state index contributed by atoms with van der Waals surface area (Å²) in [5.74, 6) is 0.477. The first-order chi connectivity index (χ1) is 13.0. The van der Waals surface area contributed by atoms with Gasteiger partial charge in [0, 0.05) is 24.5 Å². The van der Waals surface area contributed by atoms with Crippen molar-refractivity contribution in [1.29, 1.82) is 0 Å². The number of imidazole rings is 1. The SMILES string of the molecule is COC(=O)NCC(=O)N1CC(OC)CC1c1ncc(-c2ccc(Br)cc2)[nH]1. The summed E-state index contributed by atoms with van der Waals surface area (Å²) < 4.78 is 11.0. The molecule has 2 N–H and O–H groups in total. The molecule has 2 amide bonds. The molecule has 1 aliphatic heterocycles. The molecular formula is C18H21BrN4O4. The number of carbonyl (C=O) groups is 2. The van der Waals surface area contributed by atoms with Crippen LogP contribution >= 0.6 is 15.9 Å². The van der Waals surface area contributed by atoms with Crippen molar-refractivity contribution >= 4 is 27.9 Å². The summed E-state index contributed by atoms with van der Waals surface area (Å²) in [6.45, 7) is 0.303. The van der Waals surface area contributed by atoms with Gasteiger partial charge in [0.15, 0.2) is 0 Å². The number of carbonyl (C=O) groups excluding carboxylic acids is 2. The van der Waals surface area contributed by atoms with Crippen molar-refractivity contribution in [1.82, 2.24) is 20.2 Å². The zero-order valence-electron chi connectivity index (χ0n) is 15.1. The number of H-pyrrole nitrogens is 1. The zero-order chi connectivity index (χ0) is 19.4. The van der Waals surface area contributed by atoms with Gasteiger partial charge < -0.3 is 24.7 Å². The number of ether oxygens (including phenoxy) is 2. The second-order valence-electron chi connectivity index (χ2n) is 6.19. The van der Waals surface area contributed by atoms with Gasteiger partial charge in [-0.1, -0.05) is 28.1 Å². The number of nitrogens with one attached hydrogen (secondary N) is 2. The number of rotatable bonds is 5. The highest BCUT2D eigenvalue weighted by Crippen LogP contribution is 2.33. The van der Waals surface area contributed by atoms with E-state index in [0.717, 1.165) is 15.7 Å². The van der Waals surface area contributed by atoms with Crippen LogP contribution in [0.15, 0.2) is 34.9 Å². The van der Waals surface area contributed by atoms with E-state index in [1.807, 2.05) is 24.3 Å². The second-order valence-corrected chi connectivity index (χ2v) is 7.11. The van der Waals surface area contributed by atoms with Crippen LogP contribution in [0.3, 0.4) is 0 Å². The van der Waals surface area contributed by atoms with E-state index in [9.17, 15) is 9.59 Å². The lowest BCUT2D eigenvalue weighted by Gasteiger charge is -2.23. The topological polar surface area (TPSA) is 96.6 Å². The first-order valence-electron chi connectivity index (χ1n) is 8.46. The Morgan fingerprint density at radius 2 is 2.07 bits per heavy atom. The molecule has 2 unspecified atom stereocenters. The monoisotopic (exact) mass is 436 g/mol. The number of halogens is 1. The van der Waals surface area contributed by atoms with Crippen molar-refractivity contribution < 1.29 is 19.1 Å². The Labute approximate surface area is 165 Å². The number of hydrogen-bond acceptors (Lipinski definition) is 5. The van der Waals surface area contributed by atoms with E-state index in [1.165, 1.54) is 7.11 Å². The van der Waals surface area contributed by atoms with Gasteiger partial charge in [-0.3, -0.25) is 4.79 Å². The molecule has 8 nitrogen and oxygen atoms in total. The van der Waals surface area contributed by atoms with Crippen LogP contribution in [0.1, 0.15) is 18.3 Å². The summed E-state index contributed by atoms with van der Waals surface area (Å²) in [6.07, 6.45) is 1.66. The molecule has 2 aromatic rings. The molecular weight excluding hydrogens is 416 g/mol. The molecule has 2 heterocycles. The maximum Gasteiger partial charge on any atom is 0.407 e. The number of amides is 2. The average molecular weight is 437 g/mol. The fourth-order valence-corrected chi connectivity index (χ4v) is 3.37. The molecule has 1 aliphatic rings. The number of hydrogen-bond donors (Lipinski definition) is 2. The highest BCUT2D eigenvalue weighted by Gasteiger charge is 2.37. The molecule has 0 saturated carbocycles. The smallest absolute Gasteiger partial charge is 0.407 e. The lowest BCUT2D eigenvalue weighted by Crippen LogP contribution is -2.40. The standard InChI is InChI=1S/C18H21BrN4O4/c1-26-13-7-15(23(10-13)16(24)9-21-18(25)27-2)17-20-8-14(22-17)11-3-5-12(19)6-4-11/h3-6,8,13,15H,7,9-10H2,1-2H3,(H,20,22)(H,21,25). The van der Waals surface area contributed by atoms with Crippen molar-refractivity contribution in [2.45, 2.75) is 18.6 Å². The summed E-state index contributed by atoms with van der Waals surface area (Å²) in [4.78, 5) is 33.3. The van der Waals surface area contributed by atoms with Crippen LogP contribution in [0.4, 0.5) is 4.79 Å². The lowest BCUT2D eigenvalue weighted by molar-refractivity contribution is -0.131. The van der Waals surface area contributed by atoms with Crippen molar-refractivity contribution in [3.63, 3.8) is 0 Å². The Hall–Kier alpha value is -2.39. The van der Waals surface area contributed by atoms with Crippen LogP contribution in [0.2, 0.25) is 0 Å². The highest BCUT2D eigenvalue weighted by atomic mass is 79.9. The summed E-state index contributed by atoms with van der Waals surface area (Å²) in [6, 6.07) is 7.64. The quantitative estimate of drug-likeness (QED) is 0.750.